The van der Waals surface area contributed by atoms with E-state index < -0.39 is 0 Å². The van der Waals surface area contributed by atoms with E-state index in [1.807, 2.05) is 11.3 Å². The maximum Gasteiger partial charge on any atom is 0.0164 e. The number of hydrogen-bond acceptors (Lipinski definition) is 1. The van der Waals surface area contributed by atoms with Crippen molar-refractivity contribution in [1.29, 1.82) is 0 Å². The van der Waals surface area contributed by atoms with Crippen molar-refractivity contribution in [3.8, 4) is 11.1 Å². The number of hydrogen-bond donors (Lipinski definition) is 0. The fraction of sp³-hybridized carbons (Fsp3) is 0.111. The van der Waals surface area contributed by atoms with E-state index in [2.05, 4.69) is 60.8 Å². The largest absolute Gasteiger partial charge is 0.147 e. The lowest BCUT2D eigenvalue weighted by Crippen LogP contribution is -1.81. The standard InChI is InChI=1S/C18H14S/c1-12-9-16-17(11-19-18(16)10-12)15-8-4-6-13-5-2-3-7-14(13)15/h2-9,11H,10H2,1H3. The quantitative estimate of drug-likeness (QED) is 0.541. The molecule has 0 bridgehead atoms. The Morgan fingerprint density at radius 3 is 2.74 bits per heavy atom. The van der Waals surface area contributed by atoms with Gasteiger partial charge >= 0.3 is 0 Å². The van der Waals surface area contributed by atoms with Crippen molar-refractivity contribution in [1.82, 2.24) is 0 Å². The highest BCUT2D eigenvalue weighted by Crippen LogP contribution is 2.40. The zero-order valence-electron chi connectivity index (χ0n) is 10.8. The monoisotopic (exact) mass is 262 g/mol. The van der Waals surface area contributed by atoms with Crippen molar-refractivity contribution < 1.29 is 0 Å². The zero-order chi connectivity index (χ0) is 12.8. The van der Waals surface area contributed by atoms with Gasteiger partial charge in [-0.2, -0.15) is 0 Å². The first-order chi connectivity index (χ1) is 9.33. The second-order valence-corrected chi connectivity index (χ2v) is 6.14. The van der Waals surface area contributed by atoms with Crippen LogP contribution in [0.3, 0.4) is 0 Å². The Kier molecular flexibility index (Phi) is 2.36. The number of benzene rings is 2. The van der Waals surface area contributed by atoms with Crippen molar-refractivity contribution in [2.45, 2.75) is 13.3 Å². The summed E-state index contributed by atoms with van der Waals surface area (Å²) in [5.74, 6) is 0. The fourth-order valence-corrected chi connectivity index (χ4v) is 4.04. The first-order valence-corrected chi connectivity index (χ1v) is 7.46. The summed E-state index contributed by atoms with van der Waals surface area (Å²) < 4.78 is 0. The molecule has 0 radical (unpaired) electrons. The molecule has 3 aromatic rings. The molecule has 0 N–H and O–H groups in total. The molecule has 92 valence electrons. The minimum absolute atomic E-state index is 1.13. The summed E-state index contributed by atoms with van der Waals surface area (Å²) in [4.78, 5) is 1.51. The Hall–Kier alpha value is -1.86. The number of rotatable bonds is 1. The fourth-order valence-electron chi connectivity index (χ4n) is 2.92. The lowest BCUT2D eigenvalue weighted by molar-refractivity contribution is 1.24. The van der Waals surface area contributed by atoms with Gasteiger partial charge < -0.3 is 0 Å². The second kappa shape index (κ2) is 4.07. The van der Waals surface area contributed by atoms with Crippen LogP contribution < -0.4 is 0 Å². The predicted octanol–water partition coefficient (Wildman–Crippen LogP) is 5.53. The summed E-state index contributed by atoms with van der Waals surface area (Å²) in [6, 6.07) is 15.2. The highest BCUT2D eigenvalue weighted by atomic mass is 32.1. The van der Waals surface area contributed by atoms with Crippen LogP contribution in [0.2, 0.25) is 0 Å². The molecule has 0 atom stereocenters. The smallest absolute Gasteiger partial charge is 0.0164 e. The first-order valence-electron chi connectivity index (χ1n) is 6.58. The van der Waals surface area contributed by atoms with E-state index in [9.17, 15) is 0 Å². The zero-order valence-corrected chi connectivity index (χ0v) is 11.6. The van der Waals surface area contributed by atoms with Crippen molar-refractivity contribution in [3.63, 3.8) is 0 Å². The van der Waals surface area contributed by atoms with Gasteiger partial charge in [0.05, 0.1) is 0 Å². The van der Waals surface area contributed by atoms with Crippen molar-refractivity contribution in [3.05, 3.63) is 63.9 Å². The summed E-state index contributed by atoms with van der Waals surface area (Å²) in [5, 5.41) is 4.98. The van der Waals surface area contributed by atoms with Crippen LogP contribution in [-0.2, 0) is 6.42 Å². The van der Waals surface area contributed by atoms with Crippen LogP contribution >= 0.6 is 11.3 Å². The average molecular weight is 262 g/mol. The Labute approximate surface area is 117 Å². The minimum atomic E-state index is 1.13. The lowest BCUT2D eigenvalue weighted by atomic mass is 9.97. The summed E-state index contributed by atoms with van der Waals surface area (Å²) in [5.41, 5.74) is 5.68. The Morgan fingerprint density at radius 1 is 0.947 bits per heavy atom. The molecule has 1 heterocycles. The Morgan fingerprint density at radius 2 is 1.79 bits per heavy atom. The van der Waals surface area contributed by atoms with E-state index in [0.717, 1.165) is 6.42 Å². The number of thiophene rings is 1. The van der Waals surface area contributed by atoms with Gasteiger partial charge in [-0.05, 0) is 34.2 Å². The molecule has 1 heteroatoms. The van der Waals surface area contributed by atoms with E-state index in [1.165, 1.54) is 37.9 Å². The van der Waals surface area contributed by atoms with Gasteiger partial charge in [-0.1, -0.05) is 54.1 Å². The van der Waals surface area contributed by atoms with E-state index >= 15 is 0 Å². The molecular formula is C18H14S. The Bertz CT molecular complexity index is 800. The topological polar surface area (TPSA) is 0 Å². The first kappa shape index (κ1) is 11.0. The molecule has 19 heavy (non-hydrogen) atoms. The normalized spacial score (nSPS) is 13.6. The van der Waals surface area contributed by atoms with Crippen LogP contribution in [0.1, 0.15) is 17.4 Å². The van der Waals surface area contributed by atoms with Gasteiger partial charge in [0, 0.05) is 16.9 Å². The third kappa shape index (κ3) is 1.66. The minimum Gasteiger partial charge on any atom is -0.147 e. The predicted molar refractivity (Wildman–Crippen MR) is 84.6 cm³/mol. The SMILES string of the molecule is CC1=Cc2c(-c3cccc4ccccc34)csc2C1. The Balaban J connectivity index is 2.02. The van der Waals surface area contributed by atoms with Crippen LogP contribution in [0.4, 0.5) is 0 Å². The average Bonchev–Trinajstić information content (AvgIpc) is 2.97. The van der Waals surface area contributed by atoms with Gasteiger partial charge in [0.15, 0.2) is 0 Å². The highest BCUT2D eigenvalue weighted by Gasteiger charge is 2.17. The number of fused-ring (bicyclic) bond motifs is 2. The summed E-state index contributed by atoms with van der Waals surface area (Å²) in [7, 11) is 0. The van der Waals surface area contributed by atoms with Crippen molar-refractivity contribution in [2.75, 3.05) is 0 Å². The molecule has 0 nitrogen and oxygen atoms in total. The van der Waals surface area contributed by atoms with Gasteiger partial charge in [-0.25, -0.2) is 0 Å². The van der Waals surface area contributed by atoms with Crippen LogP contribution in [0.15, 0.2) is 53.4 Å². The molecular weight excluding hydrogens is 248 g/mol. The molecule has 0 amide bonds. The maximum absolute atomic E-state index is 2.35. The molecule has 0 aliphatic heterocycles. The lowest BCUT2D eigenvalue weighted by Gasteiger charge is -2.06. The van der Waals surface area contributed by atoms with Gasteiger partial charge in [0.2, 0.25) is 0 Å². The molecule has 1 aliphatic rings. The molecule has 0 saturated heterocycles. The summed E-state index contributed by atoms with van der Waals surface area (Å²) in [6.45, 7) is 2.22. The molecule has 1 aliphatic carbocycles. The second-order valence-electron chi connectivity index (χ2n) is 5.18. The molecule has 2 aromatic carbocycles. The third-order valence-electron chi connectivity index (χ3n) is 3.82. The van der Waals surface area contributed by atoms with Crippen LogP contribution in [0.25, 0.3) is 28.0 Å². The van der Waals surface area contributed by atoms with Gasteiger partial charge in [-0.15, -0.1) is 11.3 Å². The molecule has 0 saturated carbocycles. The molecule has 1 aromatic heterocycles. The highest BCUT2D eigenvalue weighted by molar-refractivity contribution is 7.10. The van der Waals surface area contributed by atoms with E-state index in [-0.39, 0.29) is 0 Å². The van der Waals surface area contributed by atoms with Crippen molar-refractivity contribution in [2.24, 2.45) is 0 Å². The molecule has 0 fully saturated rings. The maximum atomic E-state index is 2.35. The van der Waals surface area contributed by atoms with Crippen molar-refractivity contribution >= 4 is 28.2 Å². The number of allylic oxidation sites excluding steroid dienone is 1. The van der Waals surface area contributed by atoms with Crippen LogP contribution in [0.5, 0.6) is 0 Å². The van der Waals surface area contributed by atoms with Crippen LogP contribution in [0, 0.1) is 0 Å². The third-order valence-corrected chi connectivity index (χ3v) is 4.82. The summed E-state index contributed by atoms with van der Waals surface area (Å²) in [6.07, 6.45) is 3.48. The van der Waals surface area contributed by atoms with Gasteiger partial charge in [0.1, 0.15) is 0 Å². The molecule has 4 rings (SSSR count). The van der Waals surface area contributed by atoms with E-state index in [4.69, 9.17) is 0 Å². The van der Waals surface area contributed by atoms with Crippen LogP contribution in [-0.4, -0.2) is 0 Å². The van der Waals surface area contributed by atoms with E-state index in [0.29, 0.717) is 0 Å². The molecule has 0 unspecified atom stereocenters. The van der Waals surface area contributed by atoms with Gasteiger partial charge in [-0.3, -0.25) is 0 Å². The summed E-state index contributed by atoms with van der Waals surface area (Å²) >= 11 is 1.89. The molecule has 0 spiro atoms. The van der Waals surface area contributed by atoms with E-state index in [1.54, 1.807) is 0 Å². The van der Waals surface area contributed by atoms with Gasteiger partial charge in [0.25, 0.3) is 0 Å².